The number of nitrogens with one attached hydrogen (secondary N) is 2. The van der Waals surface area contributed by atoms with Gasteiger partial charge in [0.05, 0.1) is 11.9 Å². The van der Waals surface area contributed by atoms with Crippen LogP contribution in [-0.2, 0) is 4.79 Å². The van der Waals surface area contributed by atoms with Gasteiger partial charge in [-0.3, -0.25) is 14.4 Å². The fraction of sp³-hybridized carbons (Fsp3) is 0.118. The molecule has 2 amide bonds. The summed E-state index contributed by atoms with van der Waals surface area (Å²) in [5, 5.41) is 9.57. The number of hydrogen-bond donors (Lipinski definition) is 2. The summed E-state index contributed by atoms with van der Waals surface area (Å²) < 4.78 is 0.791. The Kier molecular flexibility index (Phi) is 5.08. The minimum atomic E-state index is -0.476. The molecule has 0 saturated carbocycles. The smallest absolute Gasteiger partial charge is 0.275 e. The Morgan fingerprint density at radius 3 is 2.62 bits per heavy atom. The van der Waals surface area contributed by atoms with Crippen LogP contribution in [0.1, 0.15) is 10.5 Å². The number of benzene rings is 1. The predicted octanol–water partition coefficient (Wildman–Crippen LogP) is 1.79. The van der Waals surface area contributed by atoms with Crippen LogP contribution in [0.2, 0.25) is 0 Å². The van der Waals surface area contributed by atoms with E-state index in [2.05, 4.69) is 36.4 Å². The van der Waals surface area contributed by atoms with E-state index in [1.165, 1.54) is 11.9 Å². The molecule has 0 aliphatic heterocycles. The number of likely N-dealkylation sites (N-methyl/N-ethyl adjacent to an activating group) is 1. The Hall–Kier alpha value is -3.07. The first kappa shape index (κ1) is 17.7. The van der Waals surface area contributed by atoms with Crippen molar-refractivity contribution in [1.82, 2.24) is 20.1 Å². The molecule has 0 atom stereocenters. The van der Waals surface area contributed by atoms with Gasteiger partial charge in [-0.25, -0.2) is 10.1 Å². The number of H-pyrrole nitrogens is 1. The number of carbonyl (C=O) groups excluding carboxylic acids is 2. The van der Waals surface area contributed by atoms with Crippen LogP contribution in [0.25, 0.3) is 10.8 Å². The Morgan fingerprint density at radius 1 is 1.19 bits per heavy atom. The first-order valence-corrected chi connectivity index (χ1v) is 8.39. The van der Waals surface area contributed by atoms with Crippen LogP contribution >= 0.6 is 15.9 Å². The van der Waals surface area contributed by atoms with Gasteiger partial charge in [0.25, 0.3) is 11.5 Å². The van der Waals surface area contributed by atoms with Crippen molar-refractivity contribution in [2.24, 2.45) is 0 Å². The van der Waals surface area contributed by atoms with Crippen LogP contribution in [0.4, 0.5) is 5.82 Å². The highest BCUT2D eigenvalue weighted by Gasteiger charge is 2.20. The molecule has 2 aromatic heterocycles. The molecule has 8 nitrogen and oxygen atoms in total. The lowest BCUT2D eigenvalue weighted by Gasteiger charge is -2.16. The van der Waals surface area contributed by atoms with Crippen LogP contribution < -0.4 is 10.9 Å². The summed E-state index contributed by atoms with van der Waals surface area (Å²) in [5.41, 5.74) is -0.295. The molecule has 0 radical (unpaired) electrons. The molecule has 0 fully saturated rings. The van der Waals surface area contributed by atoms with Gasteiger partial charge >= 0.3 is 0 Å². The van der Waals surface area contributed by atoms with E-state index in [9.17, 15) is 14.4 Å². The van der Waals surface area contributed by atoms with E-state index >= 15 is 0 Å². The molecule has 3 rings (SSSR count). The molecular weight excluding hydrogens is 402 g/mol. The lowest BCUT2D eigenvalue weighted by Crippen LogP contribution is -2.36. The van der Waals surface area contributed by atoms with E-state index in [1.54, 1.807) is 42.6 Å². The Balaban J connectivity index is 1.76. The van der Waals surface area contributed by atoms with Crippen molar-refractivity contribution in [2.45, 2.75) is 0 Å². The van der Waals surface area contributed by atoms with E-state index < -0.39 is 11.8 Å². The second-order valence-electron chi connectivity index (χ2n) is 5.52. The van der Waals surface area contributed by atoms with Gasteiger partial charge in [0.2, 0.25) is 5.91 Å². The molecular formula is C17H14BrN5O3. The van der Waals surface area contributed by atoms with Crippen molar-refractivity contribution in [3.05, 3.63) is 63.1 Å². The van der Waals surface area contributed by atoms with Crippen LogP contribution in [0.3, 0.4) is 0 Å². The van der Waals surface area contributed by atoms with Crippen molar-refractivity contribution in [2.75, 3.05) is 18.9 Å². The molecule has 2 N–H and O–H groups in total. The molecule has 1 aromatic carbocycles. The number of nitrogens with zero attached hydrogens (tertiary/aromatic N) is 3. The van der Waals surface area contributed by atoms with Crippen molar-refractivity contribution in [3.63, 3.8) is 0 Å². The molecule has 0 aliphatic carbocycles. The quantitative estimate of drug-likeness (QED) is 0.675. The molecule has 2 heterocycles. The molecule has 26 heavy (non-hydrogen) atoms. The standard InChI is InChI=1S/C17H14BrN5O3/c1-23(9-14(24)20-13-7-6-10(18)8-19-13)17(26)15-11-4-2-3-5-12(11)16(25)22-21-15/h2-8H,9H2,1H3,(H,22,25)(H,19,20,24). The van der Waals surface area contributed by atoms with Gasteiger partial charge < -0.3 is 10.2 Å². The van der Waals surface area contributed by atoms with Crippen LogP contribution in [0.5, 0.6) is 0 Å². The first-order chi connectivity index (χ1) is 12.5. The second kappa shape index (κ2) is 7.44. The summed E-state index contributed by atoms with van der Waals surface area (Å²) in [4.78, 5) is 41.8. The Morgan fingerprint density at radius 2 is 1.92 bits per heavy atom. The number of anilines is 1. The highest BCUT2D eigenvalue weighted by molar-refractivity contribution is 9.10. The number of aromatic nitrogens is 3. The summed E-state index contributed by atoms with van der Waals surface area (Å²) in [6.45, 7) is -0.189. The minimum Gasteiger partial charge on any atom is -0.331 e. The maximum atomic E-state index is 12.6. The summed E-state index contributed by atoms with van der Waals surface area (Å²) >= 11 is 3.26. The number of rotatable bonds is 4. The lowest BCUT2D eigenvalue weighted by atomic mass is 10.1. The molecule has 0 spiro atoms. The Bertz CT molecular complexity index is 1030. The van der Waals surface area contributed by atoms with Crippen molar-refractivity contribution in [3.8, 4) is 0 Å². The summed E-state index contributed by atoms with van der Waals surface area (Å²) in [7, 11) is 1.48. The van der Waals surface area contributed by atoms with Gasteiger partial charge in [-0.1, -0.05) is 18.2 Å². The van der Waals surface area contributed by atoms with E-state index in [-0.39, 0.29) is 17.8 Å². The number of carbonyl (C=O) groups is 2. The molecule has 9 heteroatoms. The van der Waals surface area contributed by atoms with E-state index in [0.717, 1.165) is 4.47 Å². The SMILES string of the molecule is CN(CC(=O)Nc1ccc(Br)cn1)C(=O)c1n[nH]c(=O)c2ccccc12. The van der Waals surface area contributed by atoms with Crippen LogP contribution in [-0.4, -0.2) is 45.5 Å². The molecule has 132 valence electrons. The highest BCUT2D eigenvalue weighted by Crippen LogP contribution is 2.14. The molecule has 3 aromatic rings. The molecule has 0 unspecified atom stereocenters. The number of pyridine rings is 1. The van der Waals surface area contributed by atoms with Crippen molar-refractivity contribution in [1.29, 1.82) is 0 Å². The third-order valence-corrected chi connectivity index (χ3v) is 4.09. The normalized spacial score (nSPS) is 10.5. The third-order valence-electron chi connectivity index (χ3n) is 3.62. The molecule has 0 saturated heterocycles. The number of halogens is 1. The predicted molar refractivity (Wildman–Crippen MR) is 99.9 cm³/mol. The number of amides is 2. The topological polar surface area (TPSA) is 108 Å². The average Bonchev–Trinajstić information content (AvgIpc) is 2.63. The zero-order chi connectivity index (χ0) is 18.7. The maximum Gasteiger partial charge on any atom is 0.275 e. The van der Waals surface area contributed by atoms with Gasteiger partial charge in [0.15, 0.2) is 5.69 Å². The van der Waals surface area contributed by atoms with Crippen molar-refractivity contribution < 1.29 is 9.59 Å². The third kappa shape index (κ3) is 3.77. The lowest BCUT2D eigenvalue weighted by molar-refractivity contribution is -0.116. The number of fused-ring (bicyclic) bond motifs is 1. The fourth-order valence-electron chi connectivity index (χ4n) is 2.38. The maximum absolute atomic E-state index is 12.6. The average molecular weight is 416 g/mol. The Labute approximate surface area is 156 Å². The summed E-state index contributed by atoms with van der Waals surface area (Å²) in [6.07, 6.45) is 1.56. The number of hydrogen-bond acceptors (Lipinski definition) is 5. The van der Waals surface area contributed by atoms with E-state index in [0.29, 0.717) is 16.6 Å². The van der Waals surface area contributed by atoms with Crippen LogP contribution in [0, 0.1) is 0 Å². The zero-order valence-electron chi connectivity index (χ0n) is 13.7. The monoisotopic (exact) mass is 415 g/mol. The van der Waals surface area contributed by atoms with Gasteiger partial charge in [-0.05, 0) is 34.1 Å². The molecule has 0 bridgehead atoms. The second-order valence-corrected chi connectivity index (χ2v) is 6.43. The summed E-state index contributed by atoms with van der Waals surface area (Å²) in [6, 6.07) is 10.1. The summed E-state index contributed by atoms with van der Waals surface area (Å²) in [5.74, 6) is -0.493. The van der Waals surface area contributed by atoms with Crippen LogP contribution in [0.15, 0.2) is 51.9 Å². The van der Waals surface area contributed by atoms with Crippen molar-refractivity contribution >= 4 is 44.3 Å². The van der Waals surface area contributed by atoms with Gasteiger partial charge in [-0.2, -0.15) is 5.10 Å². The minimum absolute atomic E-state index is 0.0808. The van der Waals surface area contributed by atoms with Gasteiger partial charge in [0, 0.05) is 23.1 Å². The van der Waals surface area contributed by atoms with Gasteiger partial charge in [0.1, 0.15) is 5.82 Å². The highest BCUT2D eigenvalue weighted by atomic mass is 79.9. The number of aromatic amines is 1. The fourth-order valence-corrected chi connectivity index (χ4v) is 2.61. The molecule has 0 aliphatic rings. The zero-order valence-corrected chi connectivity index (χ0v) is 15.3. The van der Waals surface area contributed by atoms with E-state index in [1.807, 2.05) is 0 Å². The largest absolute Gasteiger partial charge is 0.331 e. The van der Waals surface area contributed by atoms with Gasteiger partial charge in [-0.15, -0.1) is 0 Å². The van der Waals surface area contributed by atoms with E-state index in [4.69, 9.17) is 0 Å². The first-order valence-electron chi connectivity index (χ1n) is 7.60.